The van der Waals surface area contributed by atoms with E-state index in [9.17, 15) is 5.11 Å². The van der Waals surface area contributed by atoms with Crippen LogP contribution in [-0.2, 0) is 0 Å². The Balaban J connectivity index is 0.000000209. The van der Waals surface area contributed by atoms with Crippen molar-refractivity contribution in [2.24, 2.45) is 0 Å². The summed E-state index contributed by atoms with van der Waals surface area (Å²) >= 11 is -0.258. The molecule has 4 heteroatoms. The van der Waals surface area contributed by atoms with Gasteiger partial charge in [-0.3, -0.25) is 0 Å². The van der Waals surface area contributed by atoms with Crippen molar-refractivity contribution in [3.05, 3.63) is 183 Å². The second kappa shape index (κ2) is 23.6. The van der Waals surface area contributed by atoms with Gasteiger partial charge in [0, 0.05) is 0 Å². The van der Waals surface area contributed by atoms with Crippen LogP contribution in [0.4, 0.5) is 0 Å². The average molecular weight is 829 g/mol. The Hall–Kier alpha value is -4.13. The highest BCUT2D eigenvalue weighted by Crippen LogP contribution is 2.14. The summed E-state index contributed by atoms with van der Waals surface area (Å²) in [5, 5.41) is 10.3. The van der Waals surface area contributed by atoms with Crippen LogP contribution in [0.2, 0.25) is 0 Å². The lowest BCUT2D eigenvalue weighted by molar-refractivity contribution is -0.598. The summed E-state index contributed by atoms with van der Waals surface area (Å²) in [4.78, 5) is 0. The Morgan fingerprint density at radius 1 is 0.463 bits per heavy atom. The number of hydrogen-bond acceptors (Lipinski definition) is 2. The molecule has 6 aromatic carbocycles. The molecular formula is C50H58BIO2. The van der Waals surface area contributed by atoms with E-state index >= 15 is 0 Å². The first-order valence-corrected chi connectivity index (χ1v) is 22.3. The second-order valence-corrected chi connectivity index (χ2v) is 17.2. The van der Waals surface area contributed by atoms with E-state index in [1.807, 2.05) is 12.1 Å². The third-order valence-electron chi connectivity index (χ3n) is 10.3. The summed E-state index contributed by atoms with van der Waals surface area (Å²) in [5.74, 6) is 0.936. The van der Waals surface area contributed by atoms with Crippen LogP contribution < -0.4 is 47.8 Å². The van der Waals surface area contributed by atoms with E-state index in [0.717, 1.165) is 18.6 Å². The lowest BCUT2D eigenvalue weighted by Crippen LogP contribution is -3.61. The number of unbranched alkanes of at least 4 members (excludes halogenated alkanes) is 9. The van der Waals surface area contributed by atoms with Gasteiger partial charge in [-0.25, -0.2) is 0 Å². The maximum atomic E-state index is 10.3. The molecule has 0 bridgehead atoms. The van der Waals surface area contributed by atoms with Crippen LogP contribution in [0.5, 0.6) is 5.75 Å². The molecule has 6 aromatic rings. The van der Waals surface area contributed by atoms with Crippen LogP contribution in [0.1, 0.15) is 77.6 Å². The Morgan fingerprint density at radius 3 is 1.28 bits per heavy atom. The van der Waals surface area contributed by atoms with E-state index < -0.39 is 6.15 Å². The van der Waals surface area contributed by atoms with Gasteiger partial charge in [0.1, 0.15) is 12.8 Å². The molecule has 0 heterocycles. The number of para-hydroxylation sites is 1. The molecule has 0 saturated carbocycles. The number of hydrogen-bond donors (Lipinski definition) is 1. The van der Waals surface area contributed by atoms with Crippen LogP contribution >= 0.6 is 0 Å². The number of rotatable bonds is 20. The molecule has 0 aromatic heterocycles. The Kier molecular flexibility index (Phi) is 18.0. The fourth-order valence-corrected chi connectivity index (χ4v) is 9.93. The lowest BCUT2D eigenvalue weighted by atomic mass is 9.13. The summed E-state index contributed by atoms with van der Waals surface area (Å²) in [6.07, 6.45) is 12.5. The minimum absolute atomic E-state index is 0.258. The van der Waals surface area contributed by atoms with Gasteiger partial charge in [-0.2, -0.15) is 21.9 Å². The fraction of sp³-hybridized carbons (Fsp3) is 0.280. The highest BCUT2D eigenvalue weighted by atomic mass is 127. The Labute approximate surface area is 336 Å². The van der Waals surface area contributed by atoms with E-state index in [4.69, 9.17) is 4.74 Å². The number of aliphatic hydroxyl groups excluding tert-OH is 1. The minimum Gasteiger partial charge on any atom is -0.486 e. The summed E-state index contributed by atoms with van der Waals surface area (Å²) < 4.78 is 8.65. The van der Waals surface area contributed by atoms with Gasteiger partial charge in [-0.05, 0) is 30.7 Å². The summed E-state index contributed by atoms with van der Waals surface area (Å²) in [6.45, 7) is 2.66. The molecule has 0 spiro atoms. The average Bonchev–Trinajstić information content (AvgIpc) is 3.24. The molecule has 54 heavy (non-hydrogen) atoms. The molecular weight excluding hydrogens is 770 g/mol. The summed E-state index contributed by atoms with van der Waals surface area (Å²) in [7, 11) is 0. The van der Waals surface area contributed by atoms with Crippen LogP contribution in [0.25, 0.3) is 0 Å². The maximum absolute atomic E-state index is 10.3. The predicted octanol–water partition coefficient (Wildman–Crippen LogP) is 6.93. The predicted molar refractivity (Wildman–Crippen MR) is 228 cm³/mol. The first-order chi connectivity index (χ1) is 26.7. The van der Waals surface area contributed by atoms with Gasteiger partial charge in [0.2, 0.25) is 3.57 Å². The van der Waals surface area contributed by atoms with Gasteiger partial charge >= 0.3 is 21.2 Å². The zero-order chi connectivity index (χ0) is 37.5. The number of halogens is 1. The molecule has 1 atom stereocenters. The quantitative estimate of drug-likeness (QED) is 0.0515. The standard InChI is InChI=1S/C26H38IO2.C24H20B/c1-2-3-4-5-6-7-8-9-10-14-19-24(28)22-29-26-21-16-15-20-25(26)27-23-17-12-11-13-18-23;1-5-13-21(14-6-1)25(22-15-7-2-8-16-22,23-17-9-3-10-18-23)24-19-11-4-12-20-24/h11-13,15-18,20-21,24,28H,2-10,14,19,22H2,1H3;1-20H/q+1;-1. The third-order valence-corrected chi connectivity index (χ3v) is 13.1. The number of ether oxygens (including phenoxy) is 1. The van der Waals surface area contributed by atoms with Gasteiger partial charge in [0.05, 0.1) is 6.10 Å². The summed E-state index contributed by atoms with van der Waals surface area (Å²) in [6, 6.07) is 62.4. The van der Waals surface area contributed by atoms with Crippen molar-refractivity contribution >= 4 is 28.0 Å². The van der Waals surface area contributed by atoms with Gasteiger partial charge in [0.15, 0.2) is 9.32 Å². The lowest BCUT2D eigenvalue weighted by Gasteiger charge is -2.44. The van der Waals surface area contributed by atoms with Crippen LogP contribution in [0, 0.1) is 7.14 Å². The second-order valence-electron chi connectivity index (χ2n) is 14.3. The number of benzene rings is 6. The third kappa shape index (κ3) is 12.5. The molecule has 1 N–H and O–H groups in total. The van der Waals surface area contributed by atoms with Gasteiger partial charge < -0.3 is 9.84 Å². The van der Waals surface area contributed by atoms with Gasteiger partial charge in [-0.15, -0.1) is 0 Å². The fourth-order valence-electron chi connectivity index (χ4n) is 7.49. The van der Waals surface area contributed by atoms with Crippen molar-refractivity contribution in [1.29, 1.82) is 0 Å². The molecule has 2 nitrogen and oxygen atoms in total. The molecule has 280 valence electrons. The van der Waals surface area contributed by atoms with E-state index in [-0.39, 0.29) is 27.3 Å². The van der Waals surface area contributed by atoms with E-state index in [0.29, 0.717) is 6.61 Å². The summed E-state index contributed by atoms with van der Waals surface area (Å²) in [5.41, 5.74) is 5.36. The van der Waals surface area contributed by atoms with Gasteiger partial charge in [-0.1, -0.05) is 223 Å². The Bertz CT molecular complexity index is 1670. The SMILES string of the molecule is CCCCCCCCCCCCC(O)COc1ccccc1[I+]c1ccccc1.c1ccc([B-](c2ccccc2)(c2ccccc2)c2ccccc2)cc1. The Morgan fingerprint density at radius 2 is 0.833 bits per heavy atom. The maximum Gasteiger partial charge on any atom is 0.362 e. The minimum atomic E-state index is -1.22. The largest absolute Gasteiger partial charge is 0.486 e. The molecule has 0 aliphatic carbocycles. The first kappa shape index (κ1) is 41.0. The van der Waals surface area contributed by atoms with Crippen molar-refractivity contribution in [1.82, 2.24) is 0 Å². The molecule has 0 saturated heterocycles. The molecule has 6 rings (SSSR count). The number of aliphatic hydroxyl groups is 1. The molecule has 0 radical (unpaired) electrons. The normalized spacial score (nSPS) is 11.7. The molecule has 1 unspecified atom stereocenters. The van der Waals surface area contributed by atoms with E-state index in [1.54, 1.807) is 0 Å². The monoisotopic (exact) mass is 828 g/mol. The van der Waals surface area contributed by atoms with Crippen LogP contribution in [0.15, 0.2) is 176 Å². The molecule has 0 aliphatic rings. The van der Waals surface area contributed by atoms with Crippen molar-refractivity contribution in [2.45, 2.75) is 83.7 Å². The van der Waals surface area contributed by atoms with Crippen molar-refractivity contribution in [3.8, 4) is 5.75 Å². The van der Waals surface area contributed by atoms with Crippen molar-refractivity contribution in [2.75, 3.05) is 6.61 Å². The van der Waals surface area contributed by atoms with E-state index in [1.165, 1.54) is 86.8 Å². The topological polar surface area (TPSA) is 29.5 Å². The van der Waals surface area contributed by atoms with Gasteiger partial charge in [0.25, 0.3) is 0 Å². The van der Waals surface area contributed by atoms with Crippen LogP contribution in [0.3, 0.4) is 0 Å². The molecule has 0 fully saturated rings. The smallest absolute Gasteiger partial charge is 0.362 e. The van der Waals surface area contributed by atoms with Crippen molar-refractivity contribution < 1.29 is 31.0 Å². The zero-order valence-corrected chi connectivity index (χ0v) is 34.3. The zero-order valence-electron chi connectivity index (χ0n) is 32.1. The molecule has 0 amide bonds. The van der Waals surface area contributed by atoms with E-state index in [2.05, 4.69) is 171 Å². The first-order valence-electron chi connectivity index (χ1n) is 20.2. The highest BCUT2D eigenvalue weighted by Gasteiger charge is 2.31. The highest BCUT2D eigenvalue weighted by molar-refractivity contribution is 7.19. The van der Waals surface area contributed by atoms with Crippen molar-refractivity contribution in [3.63, 3.8) is 0 Å². The van der Waals surface area contributed by atoms with Crippen LogP contribution in [-0.4, -0.2) is 24.0 Å². The molecule has 0 aliphatic heterocycles.